The van der Waals surface area contributed by atoms with Crippen molar-refractivity contribution in [2.24, 2.45) is 0 Å². The van der Waals surface area contributed by atoms with Crippen LogP contribution in [0.15, 0.2) is 43.0 Å². The van der Waals surface area contributed by atoms with Gasteiger partial charge < -0.3 is 24.8 Å². The molecule has 13 heteroatoms. The maximum Gasteiger partial charge on any atom is 0.421 e. The zero-order valence-electron chi connectivity index (χ0n) is 22.4. The fourth-order valence-electron chi connectivity index (χ4n) is 5.20. The number of ether oxygens (including phenoxy) is 1. The van der Waals surface area contributed by atoms with Crippen LogP contribution in [0.5, 0.6) is 5.88 Å². The van der Waals surface area contributed by atoms with E-state index in [9.17, 15) is 18.0 Å². The number of piperidine rings is 1. The number of H-pyrrole nitrogens is 1. The van der Waals surface area contributed by atoms with Gasteiger partial charge in [-0.3, -0.25) is 4.79 Å². The Labute approximate surface area is 234 Å². The quantitative estimate of drug-likeness (QED) is 0.359. The molecule has 4 aromatic rings. The Morgan fingerprint density at radius 3 is 2.78 bits per heavy atom. The van der Waals surface area contributed by atoms with E-state index < -0.39 is 17.6 Å². The van der Waals surface area contributed by atoms with Gasteiger partial charge in [0.1, 0.15) is 17.3 Å². The minimum Gasteiger partial charge on any atom is -0.474 e. The van der Waals surface area contributed by atoms with Crippen molar-refractivity contribution in [2.45, 2.75) is 44.5 Å². The molecule has 1 saturated heterocycles. The smallest absolute Gasteiger partial charge is 0.421 e. The summed E-state index contributed by atoms with van der Waals surface area (Å²) in [5.41, 5.74) is 2.37. The van der Waals surface area contributed by atoms with Crippen LogP contribution in [0.4, 0.5) is 24.8 Å². The highest BCUT2D eigenvalue weighted by Crippen LogP contribution is 2.37. The minimum atomic E-state index is -4.65. The number of anilines is 2. The van der Waals surface area contributed by atoms with Gasteiger partial charge in [-0.2, -0.15) is 13.2 Å². The molecule has 6 heterocycles. The maximum absolute atomic E-state index is 13.9. The fraction of sp³-hybridized carbons (Fsp3) is 0.393. The zero-order chi connectivity index (χ0) is 28.6. The molecular weight excluding hydrogens is 537 g/mol. The third-order valence-electron chi connectivity index (χ3n) is 7.52. The first-order chi connectivity index (χ1) is 19.7. The molecule has 4 aromatic heterocycles. The lowest BCUT2D eigenvalue weighted by Crippen LogP contribution is -2.37. The van der Waals surface area contributed by atoms with Crippen LogP contribution in [0.2, 0.25) is 0 Å². The van der Waals surface area contributed by atoms with Crippen molar-refractivity contribution in [1.82, 2.24) is 34.7 Å². The molecule has 41 heavy (non-hydrogen) atoms. The molecule has 2 aliphatic rings. The summed E-state index contributed by atoms with van der Waals surface area (Å²) in [4.78, 5) is 37.3. The second-order valence-corrected chi connectivity index (χ2v) is 10.4. The summed E-state index contributed by atoms with van der Waals surface area (Å²) in [6, 6.07) is 4.70. The number of alkyl halides is 3. The number of hydrogen-bond acceptors (Lipinski definition) is 8. The number of pyridine rings is 2. The van der Waals surface area contributed by atoms with E-state index >= 15 is 0 Å². The van der Waals surface area contributed by atoms with E-state index in [0.717, 1.165) is 41.4 Å². The van der Waals surface area contributed by atoms with Crippen molar-refractivity contribution in [3.63, 3.8) is 0 Å². The van der Waals surface area contributed by atoms with Gasteiger partial charge in [0.25, 0.3) is 0 Å². The normalized spacial score (nSPS) is 16.5. The topological polar surface area (TPSA) is 112 Å². The predicted octanol–water partition coefficient (Wildman–Crippen LogP) is 4.11. The highest BCUT2D eigenvalue weighted by molar-refractivity contribution is 5.90. The molecule has 0 aliphatic carbocycles. The number of halogens is 3. The molecule has 10 nitrogen and oxygen atoms in total. The molecule has 2 aliphatic heterocycles. The van der Waals surface area contributed by atoms with E-state index in [2.05, 4.69) is 35.1 Å². The summed E-state index contributed by atoms with van der Waals surface area (Å²) in [7, 11) is 1.97. The first-order valence-corrected chi connectivity index (χ1v) is 13.5. The maximum atomic E-state index is 13.9. The monoisotopic (exact) mass is 566 g/mol. The molecule has 214 valence electrons. The Morgan fingerprint density at radius 2 is 1.98 bits per heavy atom. The summed E-state index contributed by atoms with van der Waals surface area (Å²) < 4.78 is 47.4. The van der Waals surface area contributed by atoms with Crippen molar-refractivity contribution < 1.29 is 22.7 Å². The van der Waals surface area contributed by atoms with Crippen molar-refractivity contribution in [2.75, 3.05) is 32.0 Å². The van der Waals surface area contributed by atoms with Crippen LogP contribution in [0.25, 0.3) is 11.0 Å². The van der Waals surface area contributed by atoms with Gasteiger partial charge in [0.2, 0.25) is 17.7 Å². The third-order valence-corrected chi connectivity index (χ3v) is 7.52. The van der Waals surface area contributed by atoms with Gasteiger partial charge in [0, 0.05) is 49.8 Å². The second kappa shape index (κ2) is 11.0. The first kappa shape index (κ1) is 26.9. The Balaban J connectivity index is 1.14. The molecule has 0 spiro atoms. The molecule has 1 amide bonds. The van der Waals surface area contributed by atoms with Crippen molar-refractivity contribution in [3.05, 3.63) is 65.4 Å². The van der Waals surface area contributed by atoms with Gasteiger partial charge in [-0.15, -0.1) is 0 Å². The van der Waals surface area contributed by atoms with E-state index in [1.165, 1.54) is 6.20 Å². The predicted molar refractivity (Wildman–Crippen MR) is 145 cm³/mol. The van der Waals surface area contributed by atoms with Gasteiger partial charge in [-0.05, 0) is 55.6 Å². The van der Waals surface area contributed by atoms with Gasteiger partial charge in [0.05, 0.1) is 24.3 Å². The number of aromatic nitrogens is 5. The average molecular weight is 567 g/mol. The molecule has 0 saturated carbocycles. The number of carbonyl (C=O) groups excluding carboxylic acids is 1. The van der Waals surface area contributed by atoms with Crippen LogP contribution in [0.3, 0.4) is 0 Å². The van der Waals surface area contributed by atoms with Crippen LogP contribution in [0.1, 0.15) is 35.2 Å². The molecular formula is C28H29F3N8O2. The van der Waals surface area contributed by atoms with Crippen molar-refractivity contribution >= 4 is 28.6 Å². The van der Waals surface area contributed by atoms with Gasteiger partial charge in [-0.1, -0.05) is 0 Å². The Kier molecular flexibility index (Phi) is 7.20. The molecule has 0 radical (unpaired) electrons. The number of likely N-dealkylation sites (tertiary alicyclic amines) is 1. The fourth-order valence-corrected chi connectivity index (χ4v) is 5.20. The van der Waals surface area contributed by atoms with Gasteiger partial charge >= 0.3 is 6.18 Å². The summed E-state index contributed by atoms with van der Waals surface area (Å²) in [5, 5.41) is 4.10. The lowest BCUT2D eigenvalue weighted by molar-refractivity contribution is -0.140. The van der Waals surface area contributed by atoms with Crippen molar-refractivity contribution in [1.29, 1.82) is 0 Å². The van der Waals surface area contributed by atoms with Crippen molar-refractivity contribution in [3.8, 4) is 5.88 Å². The number of carbonyl (C=O) groups is 1. The molecule has 0 atom stereocenters. The van der Waals surface area contributed by atoms with E-state index in [4.69, 9.17) is 4.74 Å². The highest BCUT2D eigenvalue weighted by atomic mass is 19.4. The Morgan fingerprint density at radius 1 is 1.15 bits per heavy atom. The van der Waals surface area contributed by atoms with E-state index in [0.29, 0.717) is 37.4 Å². The van der Waals surface area contributed by atoms with E-state index in [-0.39, 0.29) is 30.5 Å². The number of hydrogen-bond donors (Lipinski definition) is 2. The van der Waals surface area contributed by atoms with Crippen LogP contribution in [-0.4, -0.2) is 73.4 Å². The number of fused-ring (bicyclic) bond motifs is 2. The number of nitrogens with zero attached hydrogens (tertiary/aromatic N) is 6. The largest absolute Gasteiger partial charge is 0.474 e. The molecule has 0 bridgehead atoms. The molecule has 6 rings (SSSR count). The Hall–Kier alpha value is -4.26. The molecule has 0 unspecified atom stereocenters. The molecule has 0 aromatic carbocycles. The van der Waals surface area contributed by atoms with E-state index in [1.54, 1.807) is 23.5 Å². The van der Waals surface area contributed by atoms with Gasteiger partial charge in [0.15, 0.2) is 0 Å². The first-order valence-electron chi connectivity index (χ1n) is 13.5. The Bertz CT molecular complexity index is 1570. The lowest BCUT2D eigenvalue weighted by atomic mass is 10.1. The standard InChI is InChI=1S/C28H29F3N8O2/c1-38-9-5-19(6-10-38)41-26-21(28(29,30)31)12-17(14-34-26)13-24(40)39-11-4-18-15-35-27(37-23(18)16-39)36-22-3-8-33-25-20(22)2-7-32-25/h2-3,7-8,12,14-15,19H,4-6,9-11,13,16H2,1H3,(H2,32,33,35,36,37). The zero-order valence-corrected chi connectivity index (χ0v) is 22.4. The summed E-state index contributed by atoms with van der Waals surface area (Å²) in [5.74, 6) is -0.352. The third kappa shape index (κ3) is 5.94. The highest BCUT2D eigenvalue weighted by Gasteiger charge is 2.37. The number of amides is 1. The number of nitrogens with one attached hydrogen (secondary N) is 2. The molecule has 1 fully saturated rings. The van der Waals surface area contributed by atoms with Gasteiger partial charge in [-0.25, -0.2) is 19.9 Å². The number of aromatic amines is 1. The molecule has 2 N–H and O–H groups in total. The van der Waals surface area contributed by atoms with E-state index in [1.807, 2.05) is 19.2 Å². The van der Waals surface area contributed by atoms with Crippen LogP contribution in [-0.2, 0) is 30.4 Å². The van der Waals surface area contributed by atoms with Crippen LogP contribution in [0, 0.1) is 0 Å². The lowest BCUT2D eigenvalue weighted by Gasteiger charge is -2.30. The summed E-state index contributed by atoms with van der Waals surface area (Å²) >= 11 is 0. The summed E-state index contributed by atoms with van der Waals surface area (Å²) in [6.07, 6.45) is 3.13. The number of rotatable bonds is 6. The summed E-state index contributed by atoms with van der Waals surface area (Å²) in [6.45, 7) is 2.16. The minimum absolute atomic E-state index is 0.182. The average Bonchev–Trinajstić information content (AvgIpc) is 3.44. The second-order valence-electron chi connectivity index (χ2n) is 10.4. The van der Waals surface area contributed by atoms with Crippen LogP contribution >= 0.6 is 0 Å². The SMILES string of the molecule is CN1CCC(Oc2ncc(CC(=O)N3CCc4cnc(Nc5ccnc6[nH]ccc56)nc4C3)cc2C(F)(F)F)CC1. The van der Waals surface area contributed by atoms with Crippen LogP contribution < -0.4 is 10.1 Å².